The van der Waals surface area contributed by atoms with E-state index in [1.54, 1.807) is 0 Å². The number of para-hydroxylation sites is 2. The third-order valence-corrected chi connectivity index (χ3v) is 4.52. The molecular weight excluding hydrogens is 338 g/mol. The molecule has 0 fully saturated rings. The Balaban J connectivity index is 1.90. The van der Waals surface area contributed by atoms with E-state index in [9.17, 15) is 4.79 Å². The Kier molecular flexibility index (Phi) is 6.47. The number of amides is 1. The largest absolute Gasteiger partial charge is 0.492 e. The molecule has 1 aromatic carbocycles. The average molecular weight is 363 g/mol. The first-order valence-electron chi connectivity index (χ1n) is 8.28. The zero-order valence-electron chi connectivity index (χ0n) is 15.3. The summed E-state index contributed by atoms with van der Waals surface area (Å²) < 4.78 is 10.8. The lowest BCUT2D eigenvalue weighted by Crippen LogP contribution is -2.16. The highest BCUT2D eigenvalue weighted by atomic mass is 32.2. The van der Waals surface area contributed by atoms with Crippen molar-refractivity contribution in [1.29, 1.82) is 0 Å². The molecule has 2 aromatic rings. The molecule has 1 heterocycles. The zero-order valence-corrected chi connectivity index (χ0v) is 16.1. The van der Waals surface area contributed by atoms with Gasteiger partial charge < -0.3 is 14.6 Å². The molecule has 0 aliphatic rings. The van der Waals surface area contributed by atoms with Crippen molar-refractivity contribution < 1.29 is 14.1 Å². The van der Waals surface area contributed by atoms with Crippen molar-refractivity contribution in [3.8, 4) is 5.75 Å². The van der Waals surface area contributed by atoms with Crippen LogP contribution in [0.2, 0.25) is 0 Å². The van der Waals surface area contributed by atoms with Crippen LogP contribution in [0.4, 0.5) is 5.69 Å². The van der Waals surface area contributed by atoms with Gasteiger partial charge in [0, 0.05) is 5.41 Å². The summed E-state index contributed by atoms with van der Waals surface area (Å²) >= 11 is 1.45. The topological polar surface area (TPSA) is 77.2 Å². The molecule has 7 heteroatoms. The first-order chi connectivity index (χ1) is 11.8. The predicted molar refractivity (Wildman–Crippen MR) is 100 cm³/mol. The summed E-state index contributed by atoms with van der Waals surface area (Å²) in [6.45, 7) is 10.5. The number of anilines is 1. The van der Waals surface area contributed by atoms with Gasteiger partial charge in [0.25, 0.3) is 0 Å². The summed E-state index contributed by atoms with van der Waals surface area (Å²) in [5, 5.41) is 6.84. The summed E-state index contributed by atoms with van der Waals surface area (Å²) in [6, 6.07) is 7.40. The number of benzene rings is 1. The Labute approximate surface area is 152 Å². The van der Waals surface area contributed by atoms with Gasteiger partial charge in [-0.25, -0.2) is 0 Å². The van der Waals surface area contributed by atoms with Gasteiger partial charge in [-0.15, -0.1) is 11.8 Å². The maximum absolute atomic E-state index is 12.2. The second kappa shape index (κ2) is 8.38. The molecule has 1 atom stereocenters. The molecule has 0 spiro atoms. The molecule has 0 unspecified atom stereocenters. The van der Waals surface area contributed by atoms with Gasteiger partial charge in [0.15, 0.2) is 5.82 Å². The SMILES string of the molecule is CCOc1ccccc1NC(=O)CS[C@@H](C)c1nc(C(C)(C)C)no1. The number of hydrogen-bond donors (Lipinski definition) is 1. The van der Waals surface area contributed by atoms with E-state index in [1.807, 2.05) is 58.9 Å². The minimum absolute atomic E-state index is 0.0588. The lowest BCUT2D eigenvalue weighted by Gasteiger charge is -2.12. The van der Waals surface area contributed by atoms with Crippen LogP contribution in [0.25, 0.3) is 0 Å². The van der Waals surface area contributed by atoms with Crippen LogP contribution in [0.3, 0.4) is 0 Å². The summed E-state index contributed by atoms with van der Waals surface area (Å²) in [4.78, 5) is 16.6. The van der Waals surface area contributed by atoms with E-state index in [1.165, 1.54) is 11.8 Å². The van der Waals surface area contributed by atoms with Gasteiger partial charge in [-0.2, -0.15) is 4.98 Å². The molecule has 1 N–H and O–H groups in total. The molecule has 25 heavy (non-hydrogen) atoms. The first-order valence-corrected chi connectivity index (χ1v) is 9.33. The second-order valence-corrected chi connectivity index (χ2v) is 7.97. The van der Waals surface area contributed by atoms with E-state index >= 15 is 0 Å². The number of aromatic nitrogens is 2. The maximum Gasteiger partial charge on any atom is 0.239 e. The summed E-state index contributed by atoms with van der Waals surface area (Å²) in [6.07, 6.45) is 0. The number of nitrogens with zero attached hydrogens (tertiary/aromatic N) is 2. The van der Waals surface area contributed by atoms with Crippen LogP contribution >= 0.6 is 11.8 Å². The fourth-order valence-electron chi connectivity index (χ4n) is 2.01. The van der Waals surface area contributed by atoms with Crippen LogP contribution in [-0.2, 0) is 10.2 Å². The predicted octanol–water partition coefficient (Wildman–Crippen LogP) is 4.20. The molecule has 136 valence electrons. The van der Waals surface area contributed by atoms with Crippen LogP contribution < -0.4 is 10.1 Å². The van der Waals surface area contributed by atoms with Gasteiger partial charge >= 0.3 is 0 Å². The molecule has 0 saturated heterocycles. The zero-order chi connectivity index (χ0) is 18.4. The standard InChI is InChI=1S/C18H25N3O3S/c1-6-23-14-10-8-7-9-13(14)19-15(22)11-25-12(2)16-20-17(21-24-16)18(3,4)5/h7-10,12H,6,11H2,1-5H3,(H,19,22)/t12-/m0/s1. The van der Waals surface area contributed by atoms with Crippen molar-refractivity contribution in [2.45, 2.75) is 45.3 Å². The van der Waals surface area contributed by atoms with E-state index in [0.717, 1.165) is 0 Å². The van der Waals surface area contributed by atoms with Crippen molar-refractivity contribution >= 4 is 23.4 Å². The van der Waals surface area contributed by atoms with Gasteiger partial charge in [0.1, 0.15) is 5.75 Å². The molecule has 2 rings (SSSR count). The molecular formula is C18H25N3O3S. The normalized spacial score (nSPS) is 12.7. The fraction of sp³-hybridized carbons (Fsp3) is 0.500. The summed E-state index contributed by atoms with van der Waals surface area (Å²) in [7, 11) is 0. The number of carbonyl (C=O) groups is 1. The number of carbonyl (C=O) groups excluding carboxylic acids is 1. The van der Waals surface area contributed by atoms with Gasteiger partial charge in [0.05, 0.1) is 23.3 Å². The maximum atomic E-state index is 12.2. The molecule has 1 amide bonds. The quantitative estimate of drug-likeness (QED) is 0.794. The van der Waals surface area contributed by atoms with Gasteiger partial charge in [-0.1, -0.05) is 38.1 Å². The van der Waals surface area contributed by atoms with Crippen LogP contribution in [0.15, 0.2) is 28.8 Å². The Morgan fingerprint density at radius 1 is 1.36 bits per heavy atom. The Bertz CT molecular complexity index is 710. The number of nitrogens with one attached hydrogen (secondary N) is 1. The minimum atomic E-state index is -0.160. The molecule has 0 aliphatic carbocycles. The lowest BCUT2D eigenvalue weighted by molar-refractivity contribution is -0.113. The number of hydrogen-bond acceptors (Lipinski definition) is 6. The van der Waals surface area contributed by atoms with E-state index in [-0.39, 0.29) is 22.3 Å². The van der Waals surface area contributed by atoms with Gasteiger partial charge in [-0.3, -0.25) is 4.79 Å². The average Bonchev–Trinajstić information content (AvgIpc) is 3.05. The Morgan fingerprint density at radius 2 is 2.08 bits per heavy atom. The monoisotopic (exact) mass is 363 g/mol. The summed E-state index contributed by atoms with van der Waals surface area (Å²) in [5.41, 5.74) is 0.516. The van der Waals surface area contributed by atoms with Crippen LogP contribution in [-0.4, -0.2) is 28.4 Å². The first kappa shape index (κ1) is 19.3. The van der Waals surface area contributed by atoms with E-state index in [2.05, 4.69) is 15.5 Å². The van der Waals surface area contributed by atoms with E-state index in [0.29, 0.717) is 29.8 Å². The molecule has 0 bridgehead atoms. The lowest BCUT2D eigenvalue weighted by atomic mass is 9.96. The molecule has 0 radical (unpaired) electrons. The van der Waals surface area contributed by atoms with Crippen molar-refractivity contribution in [2.24, 2.45) is 0 Å². The highest BCUT2D eigenvalue weighted by Gasteiger charge is 2.23. The summed E-state index contributed by atoms with van der Waals surface area (Å²) in [5.74, 6) is 2.07. The Morgan fingerprint density at radius 3 is 2.72 bits per heavy atom. The van der Waals surface area contributed by atoms with Crippen molar-refractivity contribution in [3.05, 3.63) is 36.0 Å². The van der Waals surface area contributed by atoms with Crippen LogP contribution in [0, 0.1) is 0 Å². The van der Waals surface area contributed by atoms with E-state index in [4.69, 9.17) is 9.26 Å². The van der Waals surface area contributed by atoms with Crippen molar-refractivity contribution in [2.75, 3.05) is 17.7 Å². The third-order valence-electron chi connectivity index (χ3n) is 3.39. The van der Waals surface area contributed by atoms with Crippen molar-refractivity contribution in [1.82, 2.24) is 10.1 Å². The molecule has 0 saturated carbocycles. The Hall–Kier alpha value is -2.02. The van der Waals surface area contributed by atoms with Gasteiger partial charge in [0.2, 0.25) is 11.8 Å². The minimum Gasteiger partial charge on any atom is -0.492 e. The van der Waals surface area contributed by atoms with Crippen molar-refractivity contribution in [3.63, 3.8) is 0 Å². The highest BCUT2D eigenvalue weighted by Crippen LogP contribution is 2.29. The van der Waals surface area contributed by atoms with Gasteiger partial charge in [-0.05, 0) is 26.0 Å². The van der Waals surface area contributed by atoms with E-state index < -0.39 is 0 Å². The molecule has 1 aromatic heterocycles. The van der Waals surface area contributed by atoms with Crippen LogP contribution in [0.1, 0.15) is 51.6 Å². The number of thioether (sulfide) groups is 1. The fourth-order valence-corrected chi connectivity index (χ4v) is 2.73. The third kappa shape index (κ3) is 5.49. The second-order valence-electron chi connectivity index (χ2n) is 6.64. The smallest absolute Gasteiger partial charge is 0.239 e. The number of ether oxygens (including phenoxy) is 1. The van der Waals surface area contributed by atoms with Crippen LogP contribution in [0.5, 0.6) is 5.75 Å². The molecule has 0 aliphatic heterocycles. The highest BCUT2D eigenvalue weighted by molar-refractivity contribution is 8.00. The molecule has 6 nitrogen and oxygen atoms in total. The number of rotatable bonds is 7.